The molecule has 0 bridgehead atoms. The Hall–Kier alpha value is -2.23. The van der Waals surface area contributed by atoms with E-state index in [1.54, 1.807) is 29.3 Å². The van der Waals surface area contributed by atoms with Crippen LogP contribution in [0.3, 0.4) is 0 Å². The first-order valence-corrected chi connectivity index (χ1v) is 12.3. The number of aromatic nitrogens is 2. The van der Waals surface area contributed by atoms with Crippen LogP contribution in [0.5, 0.6) is 0 Å². The Morgan fingerprint density at radius 1 is 1.31 bits per heavy atom. The van der Waals surface area contributed by atoms with Crippen LogP contribution >= 0.6 is 24.0 Å². The lowest BCUT2D eigenvalue weighted by molar-refractivity contribution is -0.123. The lowest BCUT2D eigenvalue weighted by Crippen LogP contribution is -2.36. The number of rotatable bonds is 8. The first-order valence-electron chi connectivity index (χ1n) is 11.1. The molecule has 4 rings (SSSR count). The quantitative estimate of drug-likeness (QED) is 0.353. The van der Waals surface area contributed by atoms with E-state index in [9.17, 15) is 9.59 Å². The van der Waals surface area contributed by atoms with Gasteiger partial charge in [-0.2, -0.15) is 0 Å². The van der Waals surface area contributed by atoms with Crippen molar-refractivity contribution in [3.8, 4) is 0 Å². The number of carbonyl (C=O) groups is 1. The Morgan fingerprint density at radius 3 is 2.84 bits per heavy atom. The molecule has 1 aliphatic heterocycles. The van der Waals surface area contributed by atoms with Crippen LogP contribution in [-0.2, 0) is 9.53 Å². The second-order valence-electron chi connectivity index (χ2n) is 8.30. The first-order chi connectivity index (χ1) is 15.5. The van der Waals surface area contributed by atoms with Crippen LogP contribution in [0.2, 0.25) is 0 Å². The van der Waals surface area contributed by atoms with Gasteiger partial charge in [0.05, 0.1) is 16.6 Å². The summed E-state index contributed by atoms with van der Waals surface area (Å²) in [6.07, 6.45) is 8.47. The molecule has 1 aliphatic carbocycles. The summed E-state index contributed by atoms with van der Waals surface area (Å²) >= 11 is 6.78. The summed E-state index contributed by atoms with van der Waals surface area (Å²) in [5.41, 5.74) is 0.696. The van der Waals surface area contributed by atoms with Crippen molar-refractivity contribution in [1.29, 1.82) is 0 Å². The Labute approximate surface area is 197 Å². The highest BCUT2D eigenvalue weighted by atomic mass is 32.2. The van der Waals surface area contributed by atoms with Crippen LogP contribution in [0.25, 0.3) is 11.7 Å². The molecular formula is C23H28N4O3S2. The maximum Gasteiger partial charge on any atom is 0.267 e. The van der Waals surface area contributed by atoms with Crippen molar-refractivity contribution >= 4 is 51.7 Å². The average molecular weight is 473 g/mol. The van der Waals surface area contributed by atoms with Crippen LogP contribution in [0.15, 0.2) is 34.1 Å². The van der Waals surface area contributed by atoms with Gasteiger partial charge in [-0.1, -0.05) is 42.9 Å². The van der Waals surface area contributed by atoms with Gasteiger partial charge in [-0.15, -0.1) is 0 Å². The standard InChI is InChI=1S/C23H28N4O3S2/c1-15(2)30-13-7-11-24-20-17(21(28)26-12-6-5-10-19(26)25-20)14-18-22(29)27(23(31)32-18)16-8-3-4-9-16/h5-6,10,12,14-16,24H,3-4,7-9,11,13H2,1-2H3/b18-14-. The van der Waals surface area contributed by atoms with Gasteiger partial charge in [-0.3, -0.25) is 18.9 Å². The number of thiocarbonyl (C=S) groups is 1. The number of hydrogen-bond acceptors (Lipinski definition) is 7. The first kappa shape index (κ1) is 22.9. The lowest BCUT2D eigenvalue weighted by atomic mass is 10.2. The smallest absolute Gasteiger partial charge is 0.267 e. The number of fused-ring (bicyclic) bond motifs is 1. The third kappa shape index (κ3) is 4.89. The van der Waals surface area contributed by atoms with Crippen molar-refractivity contribution < 1.29 is 9.53 Å². The SMILES string of the molecule is CC(C)OCCCNc1nc2ccccn2c(=O)c1/C=C1\SC(=S)N(C2CCCC2)C1=O. The average Bonchev–Trinajstić information content (AvgIpc) is 3.38. The van der Waals surface area contributed by atoms with Crippen molar-refractivity contribution in [1.82, 2.24) is 14.3 Å². The summed E-state index contributed by atoms with van der Waals surface area (Å²) in [7, 11) is 0. The predicted molar refractivity (Wildman–Crippen MR) is 133 cm³/mol. The number of nitrogens with one attached hydrogen (secondary N) is 1. The summed E-state index contributed by atoms with van der Waals surface area (Å²) in [6.45, 7) is 5.22. The third-order valence-corrected chi connectivity index (χ3v) is 6.95. The van der Waals surface area contributed by atoms with E-state index in [2.05, 4.69) is 10.3 Å². The minimum atomic E-state index is -0.220. The molecular weight excluding hydrogens is 444 g/mol. The number of carbonyl (C=O) groups excluding carboxylic acids is 1. The minimum absolute atomic E-state index is 0.110. The fraction of sp³-hybridized carbons (Fsp3) is 0.478. The molecule has 2 aromatic heterocycles. The Bertz CT molecular complexity index is 1110. The number of hydrogen-bond donors (Lipinski definition) is 1. The van der Waals surface area contributed by atoms with E-state index in [4.69, 9.17) is 17.0 Å². The second kappa shape index (κ2) is 10.1. The van der Waals surface area contributed by atoms with Crippen LogP contribution < -0.4 is 10.9 Å². The molecule has 0 atom stereocenters. The monoisotopic (exact) mass is 472 g/mol. The van der Waals surface area contributed by atoms with Gasteiger partial charge in [-0.25, -0.2) is 4.98 Å². The molecule has 2 fully saturated rings. The third-order valence-electron chi connectivity index (χ3n) is 5.62. The number of anilines is 1. The molecule has 0 spiro atoms. The van der Waals surface area contributed by atoms with Gasteiger partial charge in [0.2, 0.25) is 0 Å². The molecule has 3 heterocycles. The largest absolute Gasteiger partial charge is 0.379 e. The fourth-order valence-corrected chi connectivity index (χ4v) is 5.44. The molecule has 170 valence electrons. The van der Waals surface area contributed by atoms with Gasteiger partial charge in [0.25, 0.3) is 11.5 Å². The van der Waals surface area contributed by atoms with E-state index in [1.165, 1.54) is 16.2 Å². The number of amides is 1. The Morgan fingerprint density at radius 2 is 2.09 bits per heavy atom. The molecule has 7 nitrogen and oxygen atoms in total. The summed E-state index contributed by atoms with van der Waals surface area (Å²) in [6, 6.07) is 5.59. The van der Waals surface area contributed by atoms with Crippen LogP contribution in [0, 0.1) is 0 Å². The van der Waals surface area contributed by atoms with Crippen LogP contribution in [0.4, 0.5) is 5.82 Å². The van der Waals surface area contributed by atoms with Gasteiger partial charge in [0.15, 0.2) is 0 Å². The van der Waals surface area contributed by atoms with E-state index in [-0.39, 0.29) is 23.6 Å². The minimum Gasteiger partial charge on any atom is -0.379 e. The van der Waals surface area contributed by atoms with Gasteiger partial charge < -0.3 is 10.1 Å². The molecule has 0 radical (unpaired) electrons. The van der Waals surface area contributed by atoms with Crippen LogP contribution in [-0.4, -0.2) is 49.8 Å². The topological polar surface area (TPSA) is 75.9 Å². The summed E-state index contributed by atoms with van der Waals surface area (Å²) in [5.74, 6) is 0.359. The van der Waals surface area contributed by atoms with Crippen molar-refractivity contribution in [2.24, 2.45) is 0 Å². The van der Waals surface area contributed by atoms with Gasteiger partial charge in [0, 0.05) is 25.4 Å². The maximum absolute atomic E-state index is 13.3. The van der Waals surface area contributed by atoms with E-state index in [0.29, 0.717) is 39.4 Å². The Balaban J connectivity index is 1.64. The highest BCUT2D eigenvalue weighted by Gasteiger charge is 2.38. The molecule has 0 unspecified atom stereocenters. The number of nitrogens with zero attached hydrogens (tertiary/aromatic N) is 3. The number of pyridine rings is 1. The molecule has 1 N–H and O–H groups in total. The predicted octanol–water partition coefficient (Wildman–Crippen LogP) is 4.07. The molecule has 1 amide bonds. The van der Waals surface area contributed by atoms with Gasteiger partial charge in [-0.05, 0) is 51.3 Å². The summed E-state index contributed by atoms with van der Waals surface area (Å²) < 4.78 is 7.66. The van der Waals surface area contributed by atoms with E-state index in [0.717, 1.165) is 32.1 Å². The van der Waals surface area contributed by atoms with Gasteiger partial charge >= 0.3 is 0 Å². The zero-order valence-electron chi connectivity index (χ0n) is 18.4. The Kier molecular flexibility index (Phi) is 7.27. The lowest BCUT2D eigenvalue weighted by Gasteiger charge is -2.21. The maximum atomic E-state index is 13.3. The van der Waals surface area contributed by atoms with Crippen molar-refractivity contribution in [3.05, 3.63) is 45.2 Å². The highest BCUT2D eigenvalue weighted by molar-refractivity contribution is 8.26. The second-order valence-corrected chi connectivity index (χ2v) is 9.97. The van der Waals surface area contributed by atoms with E-state index >= 15 is 0 Å². The van der Waals surface area contributed by atoms with Crippen molar-refractivity contribution in [2.45, 2.75) is 58.1 Å². The summed E-state index contributed by atoms with van der Waals surface area (Å²) in [5, 5.41) is 3.27. The molecule has 0 aromatic carbocycles. The summed E-state index contributed by atoms with van der Waals surface area (Å²) in [4.78, 5) is 33.3. The molecule has 2 aliphatic rings. The molecule has 9 heteroatoms. The zero-order chi connectivity index (χ0) is 22.7. The molecule has 32 heavy (non-hydrogen) atoms. The van der Waals surface area contributed by atoms with Crippen molar-refractivity contribution in [2.75, 3.05) is 18.5 Å². The highest BCUT2D eigenvalue weighted by Crippen LogP contribution is 2.38. The van der Waals surface area contributed by atoms with Crippen LogP contribution in [0.1, 0.15) is 51.5 Å². The van der Waals surface area contributed by atoms with Crippen molar-refractivity contribution in [3.63, 3.8) is 0 Å². The number of thioether (sulfide) groups is 1. The zero-order valence-corrected chi connectivity index (χ0v) is 20.0. The molecule has 2 aromatic rings. The van der Waals surface area contributed by atoms with E-state index in [1.807, 2.05) is 19.9 Å². The normalized spacial score (nSPS) is 18.6. The fourth-order valence-electron chi connectivity index (χ4n) is 4.05. The van der Waals surface area contributed by atoms with Gasteiger partial charge in [0.1, 0.15) is 15.8 Å². The molecule has 1 saturated carbocycles. The van der Waals surface area contributed by atoms with E-state index < -0.39 is 0 Å². The number of ether oxygens (including phenoxy) is 1. The molecule has 1 saturated heterocycles.